The minimum Gasteiger partial charge on any atom is -0.456 e. The third-order valence-electron chi connectivity index (χ3n) is 11.0. The molecule has 54 heavy (non-hydrogen) atoms. The maximum absolute atomic E-state index is 6.21. The molecule has 0 atom stereocenters. The van der Waals surface area contributed by atoms with Gasteiger partial charge in [0.05, 0.1) is 11.4 Å². The summed E-state index contributed by atoms with van der Waals surface area (Å²) in [5.41, 5.74) is 10.1. The summed E-state index contributed by atoms with van der Waals surface area (Å²) in [6.45, 7) is 0. The molecule has 0 saturated carbocycles. The van der Waals surface area contributed by atoms with Crippen LogP contribution in [0.5, 0.6) is 0 Å². The highest BCUT2D eigenvalue weighted by Crippen LogP contribution is 2.46. The molecule has 1 heterocycles. The van der Waals surface area contributed by atoms with Crippen molar-refractivity contribution in [2.45, 2.75) is 0 Å². The average Bonchev–Trinajstić information content (AvgIpc) is 3.60. The summed E-state index contributed by atoms with van der Waals surface area (Å²) in [6.07, 6.45) is 0. The largest absolute Gasteiger partial charge is 0.456 e. The zero-order valence-corrected chi connectivity index (χ0v) is 29.4. The first-order valence-electron chi connectivity index (χ1n) is 18.5. The van der Waals surface area contributed by atoms with E-state index in [1.807, 2.05) is 12.1 Å². The first-order valence-corrected chi connectivity index (χ1v) is 18.5. The Labute approximate surface area is 312 Å². The molecule has 0 aliphatic rings. The van der Waals surface area contributed by atoms with Crippen molar-refractivity contribution >= 4 is 82.1 Å². The number of furan rings is 1. The SMILES string of the molecule is c1ccc(N(c2ccc(-c3ccc4ccccc4c3)c3ccccc23)c2ccc(-c3ccc4cc5oc6ccccc6c5cc4c3)c3ccccc23)cc1. The quantitative estimate of drug-likeness (QED) is 0.179. The van der Waals surface area contributed by atoms with E-state index in [0.29, 0.717) is 0 Å². The molecule has 11 aromatic rings. The third kappa shape index (κ3) is 4.88. The van der Waals surface area contributed by atoms with Crippen LogP contribution in [-0.4, -0.2) is 0 Å². The van der Waals surface area contributed by atoms with E-state index in [0.717, 1.165) is 39.0 Å². The van der Waals surface area contributed by atoms with Crippen molar-refractivity contribution in [1.29, 1.82) is 0 Å². The highest BCUT2D eigenvalue weighted by atomic mass is 16.3. The first-order chi connectivity index (χ1) is 26.8. The van der Waals surface area contributed by atoms with Gasteiger partial charge in [-0.05, 0) is 109 Å². The van der Waals surface area contributed by atoms with Gasteiger partial charge in [-0.2, -0.15) is 0 Å². The second-order valence-corrected chi connectivity index (χ2v) is 14.1. The Morgan fingerprint density at radius 3 is 1.50 bits per heavy atom. The molecule has 0 spiro atoms. The zero-order chi connectivity index (χ0) is 35.6. The Morgan fingerprint density at radius 2 is 0.815 bits per heavy atom. The van der Waals surface area contributed by atoms with Crippen LogP contribution in [0.25, 0.3) is 87.3 Å². The topological polar surface area (TPSA) is 16.4 Å². The lowest BCUT2D eigenvalue weighted by atomic mass is 9.93. The van der Waals surface area contributed by atoms with Gasteiger partial charge in [0.15, 0.2) is 0 Å². The predicted molar refractivity (Wildman–Crippen MR) is 229 cm³/mol. The standard InChI is InChI=1S/C52H33NO/c1-2-14-40(15-3-1)53(49-28-26-41(43-16-6-8-18-45(43)49)37-24-22-34-12-4-5-13-35(34)30-37)50-29-27-42(44-17-7-9-19-46(44)50)38-25-23-36-33-52-48(32-39(36)31-38)47-20-10-11-21-51(47)54-52/h1-33H. The van der Waals surface area contributed by atoms with Crippen molar-refractivity contribution in [1.82, 2.24) is 0 Å². The van der Waals surface area contributed by atoms with Gasteiger partial charge in [0, 0.05) is 27.2 Å². The molecular weight excluding hydrogens is 655 g/mol. The van der Waals surface area contributed by atoms with Gasteiger partial charge in [-0.3, -0.25) is 0 Å². The molecular formula is C52H33NO. The monoisotopic (exact) mass is 687 g/mol. The Hall–Kier alpha value is -7.16. The number of hydrogen-bond acceptors (Lipinski definition) is 2. The Kier molecular flexibility index (Phi) is 6.90. The zero-order valence-electron chi connectivity index (χ0n) is 29.4. The molecule has 0 aliphatic heterocycles. The lowest BCUT2D eigenvalue weighted by Gasteiger charge is -2.29. The van der Waals surface area contributed by atoms with Gasteiger partial charge in [0.25, 0.3) is 0 Å². The third-order valence-corrected chi connectivity index (χ3v) is 11.0. The van der Waals surface area contributed by atoms with Crippen LogP contribution in [0.15, 0.2) is 205 Å². The smallest absolute Gasteiger partial charge is 0.136 e. The van der Waals surface area contributed by atoms with Gasteiger partial charge in [-0.1, -0.05) is 146 Å². The van der Waals surface area contributed by atoms with Crippen LogP contribution in [0.2, 0.25) is 0 Å². The van der Waals surface area contributed by atoms with Crippen LogP contribution in [0.4, 0.5) is 17.1 Å². The van der Waals surface area contributed by atoms with Crippen LogP contribution in [0.3, 0.4) is 0 Å². The number of para-hydroxylation sites is 2. The van der Waals surface area contributed by atoms with E-state index in [4.69, 9.17) is 4.42 Å². The molecule has 0 aliphatic carbocycles. The van der Waals surface area contributed by atoms with Crippen molar-refractivity contribution in [3.05, 3.63) is 200 Å². The van der Waals surface area contributed by atoms with Crippen molar-refractivity contribution in [3.63, 3.8) is 0 Å². The normalized spacial score (nSPS) is 11.7. The maximum atomic E-state index is 6.21. The molecule has 252 valence electrons. The minimum absolute atomic E-state index is 0.920. The van der Waals surface area contributed by atoms with Crippen LogP contribution < -0.4 is 4.90 Å². The van der Waals surface area contributed by atoms with E-state index in [-0.39, 0.29) is 0 Å². The van der Waals surface area contributed by atoms with E-state index in [9.17, 15) is 0 Å². The van der Waals surface area contributed by atoms with Crippen molar-refractivity contribution in [3.8, 4) is 22.3 Å². The molecule has 0 radical (unpaired) electrons. The van der Waals surface area contributed by atoms with E-state index >= 15 is 0 Å². The second kappa shape index (κ2) is 12.2. The number of hydrogen-bond donors (Lipinski definition) is 0. The summed E-state index contributed by atoms with van der Waals surface area (Å²) in [5.74, 6) is 0. The lowest BCUT2D eigenvalue weighted by molar-refractivity contribution is 0.669. The summed E-state index contributed by atoms with van der Waals surface area (Å²) < 4.78 is 6.21. The molecule has 10 aromatic carbocycles. The molecule has 2 nitrogen and oxygen atoms in total. The molecule has 0 N–H and O–H groups in total. The Bertz CT molecular complexity index is 3230. The van der Waals surface area contributed by atoms with Gasteiger partial charge in [-0.15, -0.1) is 0 Å². The van der Waals surface area contributed by atoms with E-state index in [2.05, 4.69) is 193 Å². The molecule has 1 aromatic heterocycles. The van der Waals surface area contributed by atoms with E-state index < -0.39 is 0 Å². The Balaban J connectivity index is 1.09. The summed E-state index contributed by atoms with van der Waals surface area (Å²) in [5, 5.41) is 12.0. The van der Waals surface area contributed by atoms with Gasteiger partial charge in [0.1, 0.15) is 11.2 Å². The fourth-order valence-electron chi connectivity index (χ4n) is 8.44. The fraction of sp³-hybridized carbons (Fsp3) is 0. The molecule has 0 amide bonds. The summed E-state index contributed by atoms with van der Waals surface area (Å²) in [6, 6.07) is 72.5. The van der Waals surface area contributed by atoms with Gasteiger partial charge < -0.3 is 9.32 Å². The number of nitrogens with zero attached hydrogens (tertiary/aromatic N) is 1. The highest BCUT2D eigenvalue weighted by molar-refractivity contribution is 6.13. The molecule has 0 unspecified atom stereocenters. The summed E-state index contributed by atoms with van der Waals surface area (Å²) >= 11 is 0. The van der Waals surface area contributed by atoms with Gasteiger partial charge in [0.2, 0.25) is 0 Å². The van der Waals surface area contributed by atoms with Crippen molar-refractivity contribution < 1.29 is 4.42 Å². The second-order valence-electron chi connectivity index (χ2n) is 14.1. The molecule has 0 bridgehead atoms. The van der Waals surface area contributed by atoms with Crippen LogP contribution in [0.1, 0.15) is 0 Å². The maximum Gasteiger partial charge on any atom is 0.136 e. The molecule has 0 saturated heterocycles. The number of anilines is 3. The highest BCUT2D eigenvalue weighted by Gasteiger charge is 2.20. The lowest BCUT2D eigenvalue weighted by Crippen LogP contribution is -2.11. The molecule has 2 heteroatoms. The van der Waals surface area contributed by atoms with Crippen LogP contribution in [0, 0.1) is 0 Å². The van der Waals surface area contributed by atoms with Crippen molar-refractivity contribution in [2.75, 3.05) is 4.90 Å². The predicted octanol–water partition coefficient (Wildman–Crippen LogP) is 15.0. The number of benzene rings is 10. The van der Waals surface area contributed by atoms with Crippen LogP contribution in [-0.2, 0) is 0 Å². The van der Waals surface area contributed by atoms with E-state index in [1.54, 1.807) is 0 Å². The number of fused-ring (bicyclic) bond motifs is 7. The fourth-order valence-corrected chi connectivity index (χ4v) is 8.44. The average molecular weight is 688 g/mol. The van der Waals surface area contributed by atoms with Gasteiger partial charge >= 0.3 is 0 Å². The van der Waals surface area contributed by atoms with E-state index in [1.165, 1.54) is 65.3 Å². The molecule has 0 fully saturated rings. The summed E-state index contributed by atoms with van der Waals surface area (Å²) in [7, 11) is 0. The van der Waals surface area contributed by atoms with Gasteiger partial charge in [-0.25, -0.2) is 0 Å². The minimum atomic E-state index is 0.920. The molecule has 11 rings (SSSR count). The first kappa shape index (κ1) is 30.5. The number of rotatable bonds is 5. The Morgan fingerprint density at radius 1 is 0.296 bits per heavy atom. The van der Waals surface area contributed by atoms with Crippen LogP contribution >= 0.6 is 0 Å². The van der Waals surface area contributed by atoms with Crippen molar-refractivity contribution in [2.24, 2.45) is 0 Å². The summed E-state index contributed by atoms with van der Waals surface area (Å²) in [4.78, 5) is 2.43.